The lowest BCUT2D eigenvalue weighted by Gasteiger charge is -2.16. The Balaban J connectivity index is 1.96. The van der Waals surface area contributed by atoms with Crippen LogP contribution in [-0.4, -0.2) is 29.9 Å². The zero-order valence-electron chi connectivity index (χ0n) is 9.60. The Labute approximate surface area is 104 Å². The third-order valence-corrected chi connectivity index (χ3v) is 3.19. The van der Waals surface area contributed by atoms with Gasteiger partial charge in [-0.05, 0) is 19.1 Å². The highest BCUT2D eigenvalue weighted by molar-refractivity contribution is 8.14. The molecule has 0 saturated heterocycles. The molecule has 1 heterocycles. The number of carbonyl (C=O) groups excluding carboxylic acids is 1. The fraction of sp³-hybridized carbons (Fsp3) is 0.333. The highest BCUT2D eigenvalue weighted by Gasteiger charge is 2.12. The maximum Gasteiger partial charge on any atom is 0.316 e. The van der Waals surface area contributed by atoms with E-state index in [1.54, 1.807) is 6.92 Å². The van der Waals surface area contributed by atoms with Crippen molar-refractivity contribution in [1.29, 1.82) is 0 Å². The number of hydrogen-bond acceptors (Lipinski definition) is 5. The Hall–Kier alpha value is -1.49. The van der Waals surface area contributed by atoms with E-state index in [1.165, 1.54) is 11.8 Å². The van der Waals surface area contributed by atoms with Gasteiger partial charge in [-0.25, -0.2) is 4.99 Å². The molecule has 1 aromatic rings. The van der Waals surface area contributed by atoms with Gasteiger partial charge in [-0.2, -0.15) is 0 Å². The Bertz CT molecular complexity index is 446. The minimum Gasteiger partial charge on any atom is -0.465 e. The summed E-state index contributed by atoms with van der Waals surface area (Å²) in [5.74, 6) is 0.121. The number of nitrogens with zero attached hydrogens (tertiary/aromatic N) is 1. The standard InChI is InChI=1S/C12H14N2O2S/c1-2-16-12(15)8-17-11-7-13-9-5-3-4-6-10(9)14-11/h3-6,13H,2,7-8H2,1H3. The van der Waals surface area contributed by atoms with Gasteiger partial charge in [0.15, 0.2) is 0 Å². The van der Waals surface area contributed by atoms with Gasteiger partial charge in [0.1, 0.15) is 0 Å². The third kappa shape index (κ3) is 3.23. The van der Waals surface area contributed by atoms with Crippen LogP contribution < -0.4 is 5.32 Å². The molecule has 5 heteroatoms. The van der Waals surface area contributed by atoms with Crippen LogP contribution in [0.2, 0.25) is 0 Å². The second-order valence-corrected chi connectivity index (χ2v) is 4.52. The predicted molar refractivity (Wildman–Crippen MR) is 71.1 cm³/mol. The lowest BCUT2D eigenvalue weighted by Crippen LogP contribution is -2.17. The molecule has 0 spiro atoms. The second-order valence-electron chi connectivity index (χ2n) is 3.47. The van der Waals surface area contributed by atoms with Gasteiger partial charge in [0.25, 0.3) is 0 Å². The minimum absolute atomic E-state index is 0.195. The van der Waals surface area contributed by atoms with E-state index < -0.39 is 0 Å². The normalized spacial score (nSPS) is 13.4. The van der Waals surface area contributed by atoms with Crippen LogP contribution >= 0.6 is 11.8 Å². The Morgan fingerprint density at radius 1 is 1.53 bits per heavy atom. The molecule has 1 aliphatic rings. The van der Waals surface area contributed by atoms with Crippen molar-refractivity contribution >= 4 is 34.1 Å². The van der Waals surface area contributed by atoms with Gasteiger partial charge in [-0.3, -0.25) is 4.79 Å². The van der Waals surface area contributed by atoms with E-state index in [2.05, 4.69) is 10.3 Å². The van der Waals surface area contributed by atoms with Crippen LogP contribution in [0.3, 0.4) is 0 Å². The van der Waals surface area contributed by atoms with Crippen molar-refractivity contribution < 1.29 is 9.53 Å². The topological polar surface area (TPSA) is 50.7 Å². The summed E-state index contributed by atoms with van der Waals surface area (Å²) >= 11 is 1.42. The number of aliphatic imine (C=N–C) groups is 1. The molecule has 0 bridgehead atoms. The van der Waals surface area contributed by atoms with E-state index in [0.717, 1.165) is 16.4 Å². The summed E-state index contributed by atoms with van der Waals surface area (Å²) in [6.45, 7) is 2.90. The number of thioether (sulfide) groups is 1. The predicted octanol–water partition coefficient (Wildman–Crippen LogP) is 2.44. The molecule has 0 saturated carbocycles. The number of para-hydroxylation sites is 2. The van der Waals surface area contributed by atoms with Gasteiger partial charge >= 0.3 is 5.97 Å². The number of carbonyl (C=O) groups is 1. The van der Waals surface area contributed by atoms with Crippen LogP contribution in [0, 0.1) is 0 Å². The molecular formula is C12H14N2O2S. The molecule has 0 amide bonds. The number of fused-ring (bicyclic) bond motifs is 1. The molecule has 0 aliphatic carbocycles. The molecule has 0 unspecified atom stereocenters. The summed E-state index contributed by atoms with van der Waals surface area (Å²) in [4.78, 5) is 15.7. The van der Waals surface area contributed by atoms with E-state index >= 15 is 0 Å². The first-order valence-corrected chi connectivity index (χ1v) is 6.47. The molecule has 0 fully saturated rings. The fourth-order valence-electron chi connectivity index (χ4n) is 1.49. The highest BCUT2D eigenvalue weighted by Crippen LogP contribution is 2.29. The van der Waals surface area contributed by atoms with Crippen molar-refractivity contribution in [2.45, 2.75) is 6.92 Å². The first-order valence-electron chi connectivity index (χ1n) is 5.48. The summed E-state index contributed by atoms with van der Waals surface area (Å²) < 4.78 is 4.87. The van der Waals surface area contributed by atoms with Crippen molar-refractivity contribution in [3.05, 3.63) is 24.3 Å². The molecule has 0 radical (unpaired) electrons. The minimum atomic E-state index is -0.195. The second kappa shape index (κ2) is 5.72. The van der Waals surface area contributed by atoms with Crippen LogP contribution in [0.4, 0.5) is 11.4 Å². The number of benzene rings is 1. The maximum atomic E-state index is 11.2. The van der Waals surface area contributed by atoms with Gasteiger partial charge in [0.05, 0.1) is 35.3 Å². The lowest BCUT2D eigenvalue weighted by atomic mass is 10.2. The van der Waals surface area contributed by atoms with Crippen molar-refractivity contribution in [3.8, 4) is 0 Å². The molecule has 1 aromatic carbocycles. The van der Waals surface area contributed by atoms with Crippen molar-refractivity contribution in [1.82, 2.24) is 0 Å². The van der Waals surface area contributed by atoms with Crippen LogP contribution in [0.15, 0.2) is 29.3 Å². The first kappa shape index (κ1) is 12.0. The summed E-state index contributed by atoms with van der Waals surface area (Å²) in [5.41, 5.74) is 1.96. The van der Waals surface area contributed by atoms with Gasteiger partial charge in [-0.15, -0.1) is 0 Å². The van der Waals surface area contributed by atoms with E-state index in [-0.39, 0.29) is 5.97 Å². The van der Waals surface area contributed by atoms with Crippen LogP contribution in [-0.2, 0) is 9.53 Å². The van der Waals surface area contributed by atoms with Crippen LogP contribution in [0.25, 0.3) is 0 Å². The van der Waals surface area contributed by atoms with Crippen molar-refractivity contribution in [3.63, 3.8) is 0 Å². The largest absolute Gasteiger partial charge is 0.465 e. The number of hydrogen-bond donors (Lipinski definition) is 1. The van der Waals surface area contributed by atoms with Gasteiger partial charge in [0, 0.05) is 0 Å². The summed E-state index contributed by atoms with van der Waals surface area (Å²) in [6.07, 6.45) is 0. The average Bonchev–Trinajstić information content (AvgIpc) is 2.36. The Kier molecular flexibility index (Phi) is 4.03. The summed E-state index contributed by atoms with van der Waals surface area (Å²) in [5, 5.41) is 4.18. The van der Waals surface area contributed by atoms with E-state index in [1.807, 2.05) is 24.3 Å². The van der Waals surface area contributed by atoms with Crippen LogP contribution in [0.1, 0.15) is 6.92 Å². The lowest BCUT2D eigenvalue weighted by molar-refractivity contribution is -0.139. The number of ether oxygens (including phenoxy) is 1. The quantitative estimate of drug-likeness (QED) is 0.837. The highest BCUT2D eigenvalue weighted by atomic mass is 32.2. The zero-order chi connectivity index (χ0) is 12.1. The first-order chi connectivity index (χ1) is 8.29. The zero-order valence-corrected chi connectivity index (χ0v) is 10.4. The molecule has 4 nitrogen and oxygen atoms in total. The van der Waals surface area contributed by atoms with Crippen molar-refractivity contribution in [2.24, 2.45) is 4.99 Å². The van der Waals surface area contributed by atoms with E-state index in [0.29, 0.717) is 18.9 Å². The number of rotatable bonds is 3. The van der Waals surface area contributed by atoms with Gasteiger partial charge in [0.2, 0.25) is 0 Å². The van der Waals surface area contributed by atoms with E-state index in [9.17, 15) is 4.79 Å². The number of esters is 1. The van der Waals surface area contributed by atoms with Gasteiger partial charge in [-0.1, -0.05) is 23.9 Å². The average molecular weight is 250 g/mol. The molecular weight excluding hydrogens is 236 g/mol. The smallest absolute Gasteiger partial charge is 0.316 e. The van der Waals surface area contributed by atoms with Crippen molar-refractivity contribution in [2.75, 3.05) is 24.2 Å². The summed E-state index contributed by atoms with van der Waals surface area (Å²) in [7, 11) is 0. The summed E-state index contributed by atoms with van der Waals surface area (Å²) in [6, 6.07) is 7.86. The SMILES string of the molecule is CCOC(=O)CSC1=Nc2ccccc2NC1. The molecule has 1 aliphatic heterocycles. The Morgan fingerprint density at radius 2 is 2.35 bits per heavy atom. The fourth-order valence-corrected chi connectivity index (χ4v) is 2.20. The molecule has 0 aromatic heterocycles. The molecule has 17 heavy (non-hydrogen) atoms. The monoisotopic (exact) mass is 250 g/mol. The number of anilines is 1. The van der Waals surface area contributed by atoms with Gasteiger partial charge < -0.3 is 10.1 Å². The maximum absolute atomic E-state index is 11.2. The Morgan fingerprint density at radius 3 is 3.18 bits per heavy atom. The molecule has 90 valence electrons. The molecule has 0 atom stereocenters. The number of nitrogens with one attached hydrogen (secondary N) is 1. The molecule has 2 rings (SSSR count). The van der Waals surface area contributed by atoms with E-state index in [4.69, 9.17) is 4.74 Å². The van der Waals surface area contributed by atoms with Crippen LogP contribution in [0.5, 0.6) is 0 Å². The molecule has 1 N–H and O–H groups in total. The third-order valence-electron chi connectivity index (χ3n) is 2.24.